The van der Waals surface area contributed by atoms with Gasteiger partial charge in [-0.25, -0.2) is 0 Å². The van der Waals surface area contributed by atoms with Crippen molar-refractivity contribution in [3.8, 4) is 11.5 Å². The molecule has 2 aromatic rings. The Bertz CT molecular complexity index is 640. The summed E-state index contributed by atoms with van der Waals surface area (Å²) in [7, 11) is 0. The van der Waals surface area contributed by atoms with Crippen molar-refractivity contribution in [1.82, 2.24) is 0 Å². The Hall–Kier alpha value is -2.20. The maximum Gasteiger partial charge on any atom is 0.262 e. The van der Waals surface area contributed by atoms with E-state index in [9.17, 15) is 4.79 Å². The highest BCUT2D eigenvalue weighted by Gasteiger charge is 2.16. The third-order valence-corrected chi connectivity index (χ3v) is 3.15. The van der Waals surface area contributed by atoms with Crippen LogP contribution in [0, 0.1) is 0 Å². The summed E-state index contributed by atoms with van der Waals surface area (Å²) in [6, 6.07) is 12.8. The van der Waals surface area contributed by atoms with Gasteiger partial charge in [-0.05, 0) is 29.8 Å². The van der Waals surface area contributed by atoms with Crippen LogP contribution in [0.25, 0.3) is 0 Å². The molecule has 1 N–H and O–H groups in total. The summed E-state index contributed by atoms with van der Waals surface area (Å²) in [6.45, 7) is 0.489. The summed E-state index contributed by atoms with van der Waals surface area (Å²) in [5, 5.41) is 3.44. The fourth-order valence-electron chi connectivity index (χ4n) is 1.90. The van der Waals surface area contributed by atoms with Crippen LogP contribution in [0.1, 0.15) is 5.56 Å². The van der Waals surface area contributed by atoms with E-state index in [0.29, 0.717) is 28.8 Å². The van der Waals surface area contributed by atoms with E-state index in [1.165, 1.54) is 0 Å². The van der Waals surface area contributed by atoms with E-state index in [-0.39, 0.29) is 12.5 Å². The summed E-state index contributed by atoms with van der Waals surface area (Å²) < 4.78 is 11.0. The topological polar surface area (TPSA) is 47.6 Å². The maximum absolute atomic E-state index is 11.3. The number of carbonyl (C=O) groups is 1. The van der Waals surface area contributed by atoms with Gasteiger partial charge in [0.25, 0.3) is 5.91 Å². The molecule has 0 saturated heterocycles. The van der Waals surface area contributed by atoms with Crippen LogP contribution in [-0.4, -0.2) is 12.5 Å². The van der Waals surface area contributed by atoms with Gasteiger partial charge in [-0.2, -0.15) is 0 Å². The third kappa shape index (κ3) is 2.86. The van der Waals surface area contributed by atoms with Crippen molar-refractivity contribution in [1.29, 1.82) is 0 Å². The normalized spacial score (nSPS) is 13.2. The number of fused-ring (bicyclic) bond motifs is 1. The van der Waals surface area contributed by atoms with E-state index >= 15 is 0 Å². The lowest BCUT2D eigenvalue weighted by atomic mass is 10.2. The van der Waals surface area contributed by atoms with Crippen LogP contribution in [0.2, 0.25) is 5.02 Å². The average molecular weight is 290 g/mol. The Labute approximate surface area is 121 Å². The molecule has 0 spiro atoms. The third-order valence-electron chi connectivity index (χ3n) is 2.90. The van der Waals surface area contributed by atoms with Crippen LogP contribution < -0.4 is 14.8 Å². The van der Waals surface area contributed by atoms with E-state index in [1.54, 1.807) is 12.1 Å². The number of benzene rings is 2. The van der Waals surface area contributed by atoms with E-state index in [0.717, 1.165) is 5.56 Å². The van der Waals surface area contributed by atoms with Gasteiger partial charge in [0, 0.05) is 11.1 Å². The maximum atomic E-state index is 11.3. The van der Waals surface area contributed by atoms with Gasteiger partial charge in [0.2, 0.25) is 0 Å². The summed E-state index contributed by atoms with van der Waals surface area (Å²) in [5.41, 5.74) is 1.65. The van der Waals surface area contributed by atoms with Gasteiger partial charge in [0.15, 0.2) is 6.61 Å². The molecule has 3 rings (SSSR count). The molecule has 2 aromatic carbocycles. The minimum atomic E-state index is -0.160. The van der Waals surface area contributed by atoms with Crippen molar-refractivity contribution in [3.05, 3.63) is 53.1 Å². The van der Waals surface area contributed by atoms with Crippen LogP contribution in [0.3, 0.4) is 0 Å². The molecule has 0 aliphatic carbocycles. The zero-order valence-corrected chi connectivity index (χ0v) is 11.3. The molecular weight excluding hydrogens is 278 g/mol. The molecule has 0 radical (unpaired) electrons. The number of halogens is 1. The van der Waals surface area contributed by atoms with Crippen LogP contribution in [0.5, 0.6) is 11.5 Å². The molecule has 20 heavy (non-hydrogen) atoms. The first-order valence-electron chi connectivity index (χ1n) is 6.15. The number of hydrogen-bond acceptors (Lipinski definition) is 3. The van der Waals surface area contributed by atoms with Gasteiger partial charge in [-0.3, -0.25) is 4.79 Å². The number of amides is 1. The molecule has 102 valence electrons. The number of nitrogens with one attached hydrogen (secondary N) is 1. The SMILES string of the molecule is O=C1COc2ccc(OCc3ccc(Cl)cc3)cc2N1. The quantitative estimate of drug-likeness (QED) is 0.943. The highest BCUT2D eigenvalue weighted by molar-refractivity contribution is 6.30. The van der Waals surface area contributed by atoms with E-state index in [2.05, 4.69) is 5.32 Å². The molecule has 4 nitrogen and oxygen atoms in total. The number of anilines is 1. The van der Waals surface area contributed by atoms with Crippen molar-refractivity contribution < 1.29 is 14.3 Å². The van der Waals surface area contributed by atoms with Gasteiger partial charge in [-0.15, -0.1) is 0 Å². The summed E-state index contributed by atoms with van der Waals surface area (Å²) in [6.07, 6.45) is 0. The first-order chi connectivity index (χ1) is 9.70. The van der Waals surface area contributed by atoms with Crippen LogP contribution in [-0.2, 0) is 11.4 Å². The number of ether oxygens (including phenoxy) is 2. The molecule has 0 bridgehead atoms. The van der Waals surface area contributed by atoms with Crippen LogP contribution in [0.4, 0.5) is 5.69 Å². The fraction of sp³-hybridized carbons (Fsp3) is 0.133. The van der Waals surface area contributed by atoms with Crippen LogP contribution in [0.15, 0.2) is 42.5 Å². The lowest BCUT2D eigenvalue weighted by Gasteiger charge is -2.18. The average Bonchev–Trinajstić information content (AvgIpc) is 2.46. The molecule has 0 aromatic heterocycles. The molecule has 5 heteroatoms. The summed E-state index contributed by atoms with van der Waals surface area (Å²) in [5.74, 6) is 1.17. The second kappa shape index (κ2) is 5.43. The molecule has 1 aliphatic rings. The minimum absolute atomic E-state index is 0.0536. The highest BCUT2D eigenvalue weighted by atomic mass is 35.5. The fourth-order valence-corrected chi connectivity index (χ4v) is 2.03. The molecule has 1 aliphatic heterocycles. The van der Waals surface area contributed by atoms with Gasteiger partial charge in [0.05, 0.1) is 5.69 Å². The van der Waals surface area contributed by atoms with Crippen LogP contribution >= 0.6 is 11.6 Å². The molecule has 0 atom stereocenters. The van der Waals surface area contributed by atoms with Crippen molar-refractivity contribution in [2.24, 2.45) is 0 Å². The van der Waals surface area contributed by atoms with Gasteiger partial charge >= 0.3 is 0 Å². The van der Waals surface area contributed by atoms with Crippen molar-refractivity contribution in [3.63, 3.8) is 0 Å². The number of hydrogen-bond donors (Lipinski definition) is 1. The van der Waals surface area contributed by atoms with E-state index in [1.807, 2.05) is 30.3 Å². The molecular formula is C15H12ClNO3. The Morgan fingerprint density at radius 2 is 2.00 bits per heavy atom. The predicted octanol–water partition coefficient (Wildman–Crippen LogP) is 3.25. The van der Waals surface area contributed by atoms with Gasteiger partial charge < -0.3 is 14.8 Å². The van der Waals surface area contributed by atoms with Crippen molar-refractivity contribution >= 4 is 23.2 Å². The smallest absolute Gasteiger partial charge is 0.262 e. The monoisotopic (exact) mass is 289 g/mol. The van der Waals surface area contributed by atoms with E-state index < -0.39 is 0 Å². The highest BCUT2D eigenvalue weighted by Crippen LogP contribution is 2.31. The molecule has 0 fully saturated rings. The lowest BCUT2D eigenvalue weighted by molar-refractivity contribution is -0.118. The lowest BCUT2D eigenvalue weighted by Crippen LogP contribution is -2.25. The summed E-state index contributed by atoms with van der Waals surface area (Å²) in [4.78, 5) is 11.3. The molecule has 0 unspecified atom stereocenters. The van der Waals surface area contributed by atoms with Crippen molar-refractivity contribution in [2.75, 3.05) is 11.9 Å². The Morgan fingerprint density at radius 1 is 1.20 bits per heavy atom. The van der Waals surface area contributed by atoms with Gasteiger partial charge in [-0.1, -0.05) is 23.7 Å². The predicted molar refractivity (Wildman–Crippen MR) is 76.4 cm³/mol. The Balaban J connectivity index is 1.70. The van der Waals surface area contributed by atoms with Gasteiger partial charge in [0.1, 0.15) is 18.1 Å². The van der Waals surface area contributed by atoms with Crippen molar-refractivity contribution in [2.45, 2.75) is 6.61 Å². The standard InChI is InChI=1S/C15H12ClNO3/c16-11-3-1-10(2-4-11)8-19-12-5-6-14-13(7-12)17-15(18)9-20-14/h1-7H,8-9H2,(H,17,18). The molecule has 0 saturated carbocycles. The van der Waals surface area contributed by atoms with E-state index in [4.69, 9.17) is 21.1 Å². The first-order valence-corrected chi connectivity index (χ1v) is 6.52. The molecule has 1 heterocycles. The largest absolute Gasteiger partial charge is 0.489 e. The Morgan fingerprint density at radius 3 is 2.80 bits per heavy atom. The minimum Gasteiger partial charge on any atom is -0.489 e. The second-order valence-electron chi connectivity index (χ2n) is 4.41. The molecule has 1 amide bonds. The first kappa shape index (κ1) is 12.8. The zero-order valence-electron chi connectivity index (χ0n) is 10.6. The number of rotatable bonds is 3. The summed E-state index contributed by atoms with van der Waals surface area (Å²) >= 11 is 5.83. The Kier molecular flexibility index (Phi) is 3.48. The second-order valence-corrected chi connectivity index (χ2v) is 4.85. The zero-order chi connectivity index (χ0) is 13.9. The number of carbonyl (C=O) groups excluding carboxylic acids is 1.